The highest BCUT2D eigenvalue weighted by Crippen LogP contribution is 2.01. The second kappa shape index (κ2) is 2.17. The lowest BCUT2D eigenvalue weighted by atomic mass is 10.7. The third-order valence-electron chi connectivity index (χ3n) is 0.493. The number of aromatic nitrogens is 2. The summed E-state index contributed by atoms with van der Waals surface area (Å²) in [7, 11) is 0. The Kier molecular flexibility index (Phi) is 0.951. The van der Waals surface area contributed by atoms with Gasteiger partial charge in [-0.2, -0.15) is 4.39 Å². The SMILES string of the molecule is [2H]c1nc([2H])c(Br)nc1F. The first-order chi connectivity index (χ1) is 4.61. The van der Waals surface area contributed by atoms with Gasteiger partial charge in [0, 0.05) is 0 Å². The molecule has 4 heteroatoms. The molecule has 0 N–H and O–H groups in total. The number of nitrogens with zero attached hydrogens (tertiary/aromatic N) is 2. The van der Waals surface area contributed by atoms with Crippen LogP contribution in [-0.2, 0) is 0 Å². The predicted molar refractivity (Wildman–Crippen MR) is 29.7 cm³/mol. The van der Waals surface area contributed by atoms with Crippen molar-refractivity contribution in [3.05, 3.63) is 22.9 Å². The van der Waals surface area contributed by atoms with Crippen molar-refractivity contribution in [1.29, 1.82) is 0 Å². The van der Waals surface area contributed by atoms with Crippen LogP contribution >= 0.6 is 15.9 Å². The van der Waals surface area contributed by atoms with Crippen LogP contribution in [0.4, 0.5) is 4.39 Å². The Morgan fingerprint density at radius 1 is 1.75 bits per heavy atom. The Morgan fingerprint density at radius 3 is 3.12 bits per heavy atom. The standard InChI is InChI=1S/C4H2BrFN2/c5-3-1-7-2-4(6)8-3/h1-2H/i1D,2D. The molecule has 1 aromatic heterocycles. The molecule has 0 fully saturated rings. The molecule has 0 atom stereocenters. The molecule has 0 spiro atoms. The molecule has 1 heterocycles. The van der Waals surface area contributed by atoms with Crippen molar-refractivity contribution in [2.45, 2.75) is 0 Å². The van der Waals surface area contributed by atoms with Crippen LogP contribution in [0, 0.1) is 5.95 Å². The van der Waals surface area contributed by atoms with Gasteiger partial charge in [0.2, 0.25) is 5.95 Å². The van der Waals surface area contributed by atoms with Crippen LogP contribution in [0.25, 0.3) is 0 Å². The summed E-state index contributed by atoms with van der Waals surface area (Å²) in [5.41, 5.74) is 0. The number of hydrogen-bond donors (Lipinski definition) is 0. The van der Waals surface area contributed by atoms with Crippen molar-refractivity contribution in [3.8, 4) is 0 Å². The molecule has 0 aliphatic carbocycles. The monoisotopic (exact) mass is 178 g/mol. The molecule has 0 aromatic carbocycles. The lowest BCUT2D eigenvalue weighted by Crippen LogP contribution is -1.82. The van der Waals surface area contributed by atoms with E-state index in [0.717, 1.165) is 0 Å². The summed E-state index contributed by atoms with van der Waals surface area (Å²) in [5, 5.41) is 0. The van der Waals surface area contributed by atoms with Gasteiger partial charge < -0.3 is 0 Å². The van der Waals surface area contributed by atoms with Crippen molar-refractivity contribution in [2.75, 3.05) is 0 Å². The predicted octanol–water partition coefficient (Wildman–Crippen LogP) is 1.38. The van der Waals surface area contributed by atoms with Gasteiger partial charge in [0.05, 0.1) is 15.1 Å². The molecule has 0 amide bonds. The number of halogens is 2. The van der Waals surface area contributed by atoms with Crippen LogP contribution in [0.3, 0.4) is 0 Å². The van der Waals surface area contributed by atoms with Gasteiger partial charge in [0.15, 0.2) is 0 Å². The van der Waals surface area contributed by atoms with Crippen LogP contribution in [0.5, 0.6) is 0 Å². The van der Waals surface area contributed by atoms with Gasteiger partial charge in [-0.3, -0.25) is 4.98 Å². The molecule has 0 saturated carbocycles. The molecule has 0 bridgehead atoms. The summed E-state index contributed by atoms with van der Waals surface area (Å²) in [4.78, 5) is 6.41. The van der Waals surface area contributed by atoms with Gasteiger partial charge in [-0.15, -0.1) is 0 Å². The van der Waals surface area contributed by atoms with Gasteiger partial charge >= 0.3 is 0 Å². The van der Waals surface area contributed by atoms with E-state index in [1.54, 1.807) is 0 Å². The summed E-state index contributed by atoms with van der Waals surface area (Å²) in [6.07, 6.45) is -0.834. The Labute approximate surface area is 56.7 Å². The first-order valence-corrected chi connectivity index (χ1v) is 2.57. The molecule has 0 saturated heterocycles. The zero-order valence-electron chi connectivity index (χ0n) is 5.65. The minimum absolute atomic E-state index is 0.0148. The van der Waals surface area contributed by atoms with E-state index in [-0.39, 0.29) is 10.8 Å². The van der Waals surface area contributed by atoms with Crippen molar-refractivity contribution < 1.29 is 7.13 Å². The van der Waals surface area contributed by atoms with Crippen LogP contribution in [-0.4, -0.2) is 9.97 Å². The topological polar surface area (TPSA) is 25.8 Å². The average Bonchev–Trinajstić information content (AvgIpc) is 1.84. The minimum atomic E-state index is -0.970. The molecular formula is C4H2BrFN2. The van der Waals surface area contributed by atoms with E-state index in [2.05, 4.69) is 25.9 Å². The third-order valence-corrected chi connectivity index (χ3v) is 0.847. The largest absolute Gasteiger partial charge is 0.257 e. The van der Waals surface area contributed by atoms with Gasteiger partial charge in [-0.05, 0) is 15.9 Å². The first kappa shape index (κ1) is 3.50. The van der Waals surface area contributed by atoms with Crippen molar-refractivity contribution >= 4 is 15.9 Å². The van der Waals surface area contributed by atoms with Crippen molar-refractivity contribution in [1.82, 2.24) is 9.97 Å². The van der Waals surface area contributed by atoms with E-state index >= 15 is 0 Å². The second-order valence-electron chi connectivity index (χ2n) is 1.03. The zero-order chi connectivity index (χ0) is 7.72. The summed E-state index contributed by atoms with van der Waals surface area (Å²) in [6, 6.07) is 0. The molecular weight excluding hydrogens is 175 g/mol. The van der Waals surface area contributed by atoms with Gasteiger partial charge in [0.1, 0.15) is 4.60 Å². The molecule has 8 heavy (non-hydrogen) atoms. The van der Waals surface area contributed by atoms with Gasteiger partial charge in [-0.1, -0.05) is 0 Å². The highest BCUT2D eigenvalue weighted by atomic mass is 79.9. The third kappa shape index (κ3) is 1.23. The molecule has 0 aliphatic rings. The Hall–Kier alpha value is -0.510. The molecule has 2 nitrogen and oxygen atoms in total. The van der Waals surface area contributed by atoms with E-state index in [9.17, 15) is 4.39 Å². The molecule has 0 radical (unpaired) electrons. The second-order valence-corrected chi connectivity index (χ2v) is 1.78. The van der Waals surface area contributed by atoms with Crippen LogP contribution < -0.4 is 0 Å². The van der Waals surface area contributed by atoms with Crippen molar-refractivity contribution in [3.63, 3.8) is 0 Å². The summed E-state index contributed by atoms with van der Waals surface area (Å²) >= 11 is 2.80. The molecule has 0 unspecified atom stereocenters. The maximum Gasteiger partial charge on any atom is 0.232 e. The first-order valence-electron chi connectivity index (χ1n) is 2.77. The minimum Gasteiger partial charge on any atom is -0.257 e. The number of rotatable bonds is 0. The summed E-state index contributed by atoms with van der Waals surface area (Å²) in [5.74, 6) is -0.970. The van der Waals surface area contributed by atoms with Crippen LogP contribution in [0.15, 0.2) is 16.9 Å². The molecule has 1 aromatic rings. The molecule has 0 aliphatic heterocycles. The molecule has 1 rings (SSSR count). The zero-order valence-corrected chi connectivity index (χ0v) is 5.24. The number of hydrogen-bond acceptors (Lipinski definition) is 2. The van der Waals surface area contributed by atoms with E-state index < -0.39 is 12.1 Å². The van der Waals surface area contributed by atoms with Gasteiger partial charge in [-0.25, -0.2) is 4.98 Å². The fraction of sp³-hybridized carbons (Fsp3) is 0. The van der Waals surface area contributed by atoms with E-state index in [1.807, 2.05) is 0 Å². The highest BCUT2D eigenvalue weighted by Gasteiger charge is 1.89. The Bertz CT molecular complexity index is 217. The summed E-state index contributed by atoms with van der Waals surface area (Å²) in [6.45, 7) is 0. The van der Waals surface area contributed by atoms with Gasteiger partial charge in [0.25, 0.3) is 0 Å². The summed E-state index contributed by atoms with van der Waals surface area (Å²) < 4.78 is 26.0. The van der Waals surface area contributed by atoms with E-state index in [1.165, 1.54) is 0 Å². The maximum absolute atomic E-state index is 12.3. The average molecular weight is 179 g/mol. The lowest BCUT2D eigenvalue weighted by molar-refractivity contribution is 0.573. The van der Waals surface area contributed by atoms with Crippen LogP contribution in [0.2, 0.25) is 0 Å². The lowest BCUT2D eigenvalue weighted by Gasteiger charge is -1.84. The normalized spacial score (nSPS) is 12.8. The fourth-order valence-corrected chi connectivity index (χ4v) is 0.501. The Morgan fingerprint density at radius 2 is 2.50 bits per heavy atom. The van der Waals surface area contributed by atoms with E-state index in [0.29, 0.717) is 0 Å². The smallest absolute Gasteiger partial charge is 0.232 e. The van der Waals surface area contributed by atoms with E-state index in [4.69, 9.17) is 2.74 Å². The maximum atomic E-state index is 12.3. The highest BCUT2D eigenvalue weighted by molar-refractivity contribution is 9.10. The van der Waals surface area contributed by atoms with Crippen molar-refractivity contribution in [2.24, 2.45) is 0 Å². The fourth-order valence-electron chi connectivity index (χ4n) is 0.256. The van der Waals surface area contributed by atoms with Crippen LogP contribution in [0.1, 0.15) is 2.74 Å². The Balaban J connectivity index is 3.28. The molecule has 42 valence electrons. The quantitative estimate of drug-likeness (QED) is 0.601.